The van der Waals surface area contributed by atoms with Gasteiger partial charge in [-0.2, -0.15) is 0 Å². The predicted octanol–water partition coefficient (Wildman–Crippen LogP) is -0.153. The van der Waals surface area contributed by atoms with Crippen LogP contribution in [0.4, 0.5) is 4.79 Å². The van der Waals surface area contributed by atoms with Crippen molar-refractivity contribution in [2.45, 2.75) is 37.8 Å². The minimum atomic E-state index is -1.07. The Bertz CT molecular complexity index is 458. The van der Waals surface area contributed by atoms with Gasteiger partial charge in [0.25, 0.3) is 0 Å². The van der Waals surface area contributed by atoms with Crippen LogP contribution in [0.5, 0.6) is 0 Å². The highest BCUT2D eigenvalue weighted by molar-refractivity contribution is 5.82. The number of urea groups is 1. The summed E-state index contributed by atoms with van der Waals surface area (Å²) in [6.45, 7) is 1.38. The first-order chi connectivity index (χ1) is 10.1. The molecule has 0 spiro atoms. The van der Waals surface area contributed by atoms with Gasteiger partial charge in [-0.3, -0.25) is 0 Å². The van der Waals surface area contributed by atoms with E-state index in [0.29, 0.717) is 18.3 Å². The molecular weight excluding hydrogens is 274 g/mol. The van der Waals surface area contributed by atoms with Crippen molar-refractivity contribution in [1.82, 2.24) is 25.9 Å². The Hall–Kier alpha value is -2.09. The minimum absolute atomic E-state index is 0.173. The number of carbonyl (C=O) groups excluding carboxylic acids is 1. The lowest BCUT2D eigenvalue weighted by atomic mass is 10.2. The Morgan fingerprint density at radius 3 is 2.86 bits per heavy atom. The number of hydrogen-bond acceptors (Lipinski definition) is 4. The SMILES string of the molecule is O=C(NCCCNC1CC1)N[C@@H](Cc1cnc[nH]1)C(=O)O. The van der Waals surface area contributed by atoms with Crippen molar-refractivity contribution in [1.29, 1.82) is 0 Å². The van der Waals surface area contributed by atoms with Crippen molar-refractivity contribution in [2.24, 2.45) is 0 Å². The first-order valence-electron chi connectivity index (χ1n) is 7.13. The monoisotopic (exact) mass is 295 g/mol. The molecule has 1 atom stereocenters. The van der Waals surface area contributed by atoms with Gasteiger partial charge in [-0.25, -0.2) is 14.6 Å². The third kappa shape index (κ3) is 5.82. The fourth-order valence-electron chi connectivity index (χ4n) is 1.91. The van der Waals surface area contributed by atoms with Gasteiger partial charge in [0, 0.05) is 30.9 Å². The molecule has 1 aliphatic rings. The third-order valence-corrected chi connectivity index (χ3v) is 3.23. The molecule has 8 nitrogen and oxygen atoms in total. The molecule has 1 aliphatic carbocycles. The van der Waals surface area contributed by atoms with Crippen LogP contribution in [0.3, 0.4) is 0 Å². The Kier molecular flexibility index (Phi) is 5.56. The molecule has 1 aromatic heterocycles. The van der Waals surface area contributed by atoms with Crippen LogP contribution in [0.2, 0.25) is 0 Å². The summed E-state index contributed by atoms with van der Waals surface area (Å²) in [7, 11) is 0. The number of amides is 2. The number of rotatable bonds is 9. The summed E-state index contributed by atoms with van der Waals surface area (Å²) in [6, 6.07) is -0.784. The fraction of sp³-hybridized carbons (Fsp3) is 0.615. The quantitative estimate of drug-likeness (QED) is 0.406. The molecule has 5 N–H and O–H groups in total. The molecule has 1 heterocycles. The average molecular weight is 295 g/mol. The van der Waals surface area contributed by atoms with Crippen LogP contribution in [-0.4, -0.2) is 52.2 Å². The van der Waals surface area contributed by atoms with Crippen molar-refractivity contribution >= 4 is 12.0 Å². The van der Waals surface area contributed by atoms with Crippen molar-refractivity contribution in [2.75, 3.05) is 13.1 Å². The molecule has 2 rings (SSSR count). The number of nitrogens with zero attached hydrogens (tertiary/aromatic N) is 1. The zero-order valence-corrected chi connectivity index (χ0v) is 11.8. The Balaban J connectivity index is 1.64. The number of aromatic amines is 1. The molecule has 0 aliphatic heterocycles. The van der Waals surface area contributed by atoms with Crippen LogP contribution in [-0.2, 0) is 11.2 Å². The first-order valence-corrected chi connectivity index (χ1v) is 7.13. The van der Waals surface area contributed by atoms with Gasteiger partial charge >= 0.3 is 12.0 Å². The number of aromatic nitrogens is 2. The van der Waals surface area contributed by atoms with Crippen LogP contribution in [0.1, 0.15) is 25.0 Å². The number of imidazole rings is 1. The minimum Gasteiger partial charge on any atom is -0.480 e. The average Bonchev–Trinajstić information content (AvgIpc) is 3.12. The second kappa shape index (κ2) is 7.63. The molecule has 0 unspecified atom stereocenters. The third-order valence-electron chi connectivity index (χ3n) is 3.23. The summed E-state index contributed by atoms with van der Waals surface area (Å²) in [5.74, 6) is -1.07. The van der Waals surface area contributed by atoms with Gasteiger partial charge in [0.1, 0.15) is 6.04 Å². The van der Waals surface area contributed by atoms with Gasteiger partial charge in [0.15, 0.2) is 0 Å². The van der Waals surface area contributed by atoms with E-state index in [4.69, 9.17) is 5.11 Å². The van der Waals surface area contributed by atoms with Crippen LogP contribution in [0.25, 0.3) is 0 Å². The highest BCUT2D eigenvalue weighted by atomic mass is 16.4. The second-order valence-electron chi connectivity index (χ2n) is 5.15. The van der Waals surface area contributed by atoms with E-state index in [-0.39, 0.29) is 6.42 Å². The molecule has 8 heteroatoms. The van der Waals surface area contributed by atoms with E-state index >= 15 is 0 Å². The van der Waals surface area contributed by atoms with Crippen molar-refractivity contribution in [3.8, 4) is 0 Å². The van der Waals surface area contributed by atoms with E-state index in [1.165, 1.54) is 19.2 Å². The van der Waals surface area contributed by atoms with Crippen molar-refractivity contribution < 1.29 is 14.7 Å². The highest BCUT2D eigenvalue weighted by Gasteiger charge is 2.21. The van der Waals surface area contributed by atoms with Gasteiger partial charge in [0.05, 0.1) is 6.33 Å². The lowest BCUT2D eigenvalue weighted by Crippen LogP contribution is -2.47. The standard InChI is InChI=1S/C13H21N5O3/c19-12(20)11(6-10-7-14-8-17-10)18-13(21)16-5-1-4-15-9-2-3-9/h7-9,11,15H,1-6H2,(H,14,17)(H,19,20)(H2,16,18,21)/t11-/m0/s1. The number of hydrogen-bond donors (Lipinski definition) is 5. The number of carboxylic acid groups (broad SMARTS) is 1. The van der Waals surface area contributed by atoms with Crippen LogP contribution in [0, 0.1) is 0 Å². The molecule has 0 aromatic carbocycles. The number of H-pyrrole nitrogens is 1. The van der Waals surface area contributed by atoms with E-state index in [9.17, 15) is 9.59 Å². The van der Waals surface area contributed by atoms with Gasteiger partial charge in [-0.05, 0) is 25.8 Å². The number of carbonyl (C=O) groups is 2. The largest absolute Gasteiger partial charge is 0.480 e. The summed E-state index contributed by atoms with van der Waals surface area (Å²) >= 11 is 0. The van der Waals surface area contributed by atoms with Crippen LogP contribution >= 0.6 is 0 Å². The number of aliphatic carboxylic acids is 1. The molecule has 1 aromatic rings. The van der Waals surface area contributed by atoms with Gasteiger partial charge in [-0.1, -0.05) is 0 Å². The summed E-state index contributed by atoms with van der Waals surface area (Å²) in [4.78, 5) is 29.4. The zero-order valence-electron chi connectivity index (χ0n) is 11.8. The summed E-state index contributed by atoms with van der Waals surface area (Å²) in [5, 5.41) is 17.6. The molecule has 0 radical (unpaired) electrons. The van der Waals surface area contributed by atoms with E-state index in [0.717, 1.165) is 13.0 Å². The lowest BCUT2D eigenvalue weighted by Gasteiger charge is -2.14. The topological polar surface area (TPSA) is 119 Å². The molecular formula is C13H21N5O3. The highest BCUT2D eigenvalue weighted by Crippen LogP contribution is 2.18. The summed E-state index contributed by atoms with van der Waals surface area (Å²) in [5.41, 5.74) is 0.663. The Morgan fingerprint density at radius 1 is 1.43 bits per heavy atom. The number of nitrogens with one attached hydrogen (secondary N) is 4. The van der Waals surface area contributed by atoms with Gasteiger partial charge in [0.2, 0.25) is 0 Å². The maximum absolute atomic E-state index is 11.7. The smallest absolute Gasteiger partial charge is 0.326 e. The predicted molar refractivity (Wildman–Crippen MR) is 75.9 cm³/mol. The van der Waals surface area contributed by atoms with Crippen LogP contribution in [0.15, 0.2) is 12.5 Å². The summed E-state index contributed by atoms with van der Waals surface area (Å²) in [6.07, 6.45) is 6.48. The molecule has 0 saturated heterocycles. The van der Waals surface area contributed by atoms with E-state index in [1.54, 1.807) is 6.20 Å². The van der Waals surface area contributed by atoms with E-state index < -0.39 is 18.0 Å². The molecule has 1 fully saturated rings. The first kappa shape index (κ1) is 15.3. The summed E-state index contributed by atoms with van der Waals surface area (Å²) < 4.78 is 0. The Labute approximate surface area is 122 Å². The molecule has 116 valence electrons. The van der Waals surface area contributed by atoms with Crippen molar-refractivity contribution in [3.63, 3.8) is 0 Å². The Morgan fingerprint density at radius 2 is 2.24 bits per heavy atom. The van der Waals surface area contributed by atoms with Gasteiger partial charge < -0.3 is 26.0 Å². The van der Waals surface area contributed by atoms with Gasteiger partial charge in [-0.15, -0.1) is 0 Å². The molecule has 2 amide bonds. The lowest BCUT2D eigenvalue weighted by molar-refractivity contribution is -0.139. The molecule has 21 heavy (non-hydrogen) atoms. The molecule has 1 saturated carbocycles. The second-order valence-corrected chi connectivity index (χ2v) is 5.15. The molecule has 0 bridgehead atoms. The van der Waals surface area contributed by atoms with E-state index in [2.05, 4.69) is 25.9 Å². The normalized spacial score (nSPS) is 15.4. The maximum Gasteiger partial charge on any atom is 0.326 e. The number of carboxylic acids is 1. The maximum atomic E-state index is 11.7. The zero-order chi connectivity index (χ0) is 15.1. The van der Waals surface area contributed by atoms with Crippen LogP contribution < -0.4 is 16.0 Å². The fourth-order valence-corrected chi connectivity index (χ4v) is 1.91. The van der Waals surface area contributed by atoms with Crippen molar-refractivity contribution in [3.05, 3.63) is 18.2 Å². The van der Waals surface area contributed by atoms with E-state index in [1.807, 2.05) is 0 Å².